The lowest BCUT2D eigenvalue weighted by molar-refractivity contribution is -0.162. The predicted octanol–water partition coefficient (Wildman–Crippen LogP) is 1.85. The van der Waals surface area contributed by atoms with Gasteiger partial charge in [-0.05, 0) is 52.2 Å². The standard InChI is InChI=1S/C21H30N2O7S/c1-14-5-4-6-15(2)23(14)21(25)16(3)30-20(24)9-10-22-31(26,27)17-7-8-18-19(13-17)29-12-11-28-18/h7-8,13-16,22H,4-6,9-12H2,1-3H3/t14-,15-,16+/m1/s1. The second-order valence-corrected chi connectivity index (χ2v) is 9.73. The predicted molar refractivity (Wildman–Crippen MR) is 112 cm³/mol. The highest BCUT2D eigenvalue weighted by Gasteiger charge is 2.33. The zero-order valence-electron chi connectivity index (χ0n) is 18.1. The Bertz CT molecular complexity index is 908. The molecule has 0 aliphatic carbocycles. The molecule has 0 unspecified atom stereocenters. The molecule has 1 saturated heterocycles. The molecule has 9 nitrogen and oxygen atoms in total. The Balaban J connectivity index is 1.49. The number of hydrogen-bond donors (Lipinski definition) is 1. The summed E-state index contributed by atoms with van der Waals surface area (Å²) < 4.78 is 43.4. The summed E-state index contributed by atoms with van der Waals surface area (Å²) in [7, 11) is -3.83. The van der Waals surface area contributed by atoms with E-state index >= 15 is 0 Å². The molecule has 1 aromatic rings. The fourth-order valence-corrected chi connectivity index (χ4v) is 4.98. The SMILES string of the molecule is C[C@H](OC(=O)CCNS(=O)(=O)c1ccc2c(c1)OCCO2)C(=O)N1[C@H](C)CCC[C@H]1C. The number of amides is 1. The summed E-state index contributed by atoms with van der Waals surface area (Å²) in [5.74, 6) is -0.000218. The summed E-state index contributed by atoms with van der Waals surface area (Å²) in [6.45, 7) is 6.15. The van der Waals surface area contributed by atoms with Crippen molar-refractivity contribution in [2.75, 3.05) is 19.8 Å². The van der Waals surface area contributed by atoms with Crippen LogP contribution in [0.15, 0.2) is 23.1 Å². The smallest absolute Gasteiger partial charge is 0.307 e. The normalized spacial score (nSPS) is 22.0. The molecule has 10 heteroatoms. The molecule has 172 valence electrons. The maximum Gasteiger partial charge on any atom is 0.307 e. The van der Waals surface area contributed by atoms with Crippen LogP contribution in [0.4, 0.5) is 0 Å². The molecular weight excluding hydrogens is 424 g/mol. The van der Waals surface area contributed by atoms with Gasteiger partial charge in [0.25, 0.3) is 5.91 Å². The van der Waals surface area contributed by atoms with E-state index in [0.29, 0.717) is 24.7 Å². The van der Waals surface area contributed by atoms with E-state index in [1.165, 1.54) is 18.2 Å². The highest BCUT2D eigenvalue weighted by molar-refractivity contribution is 7.89. The molecule has 2 heterocycles. The number of nitrogens with zero attached hydrogens (tertiary/aromatic N) is 1. The second kappa shape index (κ2) is 9.86. The van der Waals surface area contributed by atoms with Gasteiger partial charge in [0.2, 0.25) is 10.0 Å². The average Bonchev–Trinajstić information content (AvgIpc) is 2.73. The molecule has 3 rings (SSSR count). The first kappa shape index (κ1) is 23.3. The van der Waals surface area contributed by atoms with Gasteiger partial charge in [-0.1, -0.05) is 0 Å². The Hall–Kier alpha value is -2.33. The van der Waals surface area contributed by atoms with Crippen LogP contribution in [-0.4, -0.2) is 63.1 Å². The Morgan fingerprint density at radius 1 is 1.16 bits per heavy atom. The summed E-state index contributed by atoms with van der Waals surface area (Å²) in [5.41, 5.74) is 0. The molecular formula is C21H30N2O7S. The Morgan fingerprint density at radius 2 is 1.81 bits per heavy atom. The van der Waals surface area contributed by atoms with Crippen molar-refractivity contribution in [3.05, 3.63) is 18.2 Å². The van der Waals surface area contributed by atoms with Gasteiger partial charge in [-0.15, -0.1) is 0 Å². The molecule has 2 aliphatic heterocycles. The number of piperidine rings is 1. The number of fused-ring (bicyclic) bond motifs is 1. The Kier molecular flexibility index (Phi) is 7.42. The number of sulfonamides is 1. The number of carbonyl (C=O) groups is 2. The molecule has 1 aromatic carbocycles. The van der Waals surface area contributed by atoms with Crippen molar-refractivity contribution in [1.29, 1.82) is 0 Å². The molecule has 1 fully saturated rings. The van der Waals surface area contributed by atoms with Gasteiger partial charge in [-0.2, -0.15) is 0 Å². The first-order valence-corrected chi connectivity index (χ1v) is 12.1. The van der Waals surface area contributed by atoms with Gasteiger partial charge in [0, 0.05) is 24.7 Å². The van der Waals surface area contributed by atoms with Crippen LogP contribution < -0.4 is 14.2 Å². The van der Waals surface area contributed by atoms with E-state index in [0.717, 1.165) is 19.3 Å². The van der Waals surface area contributed by atoms with Crippen LogP contribution in [0.3, 0.4) is 0 Å². The molecule has 2 aliphatic rings. The van der Waals surface area contributed by atoms with E-state index in [4.69, 9.17) is 14.2 Å². The molecule has 31 heavy (non-hydrogen) atoms. The van der Waals surface area contributed by atoms with Crippen LogP contribution >= 0.6 is 0 Å². The monoisotopic (exact) mass is 454 g/mol. The summed E-state index contributed by atoms with van der Waals surface area (Å²) in [5, 5.41) is 0. The molecule has 0 aromatic heterocycles. The highest BCUT2D eigenvalue weighted by Crippen LogP contribution is 2.32. The van der Waals surface area contributed by atoms with Crippen molar-refractivity contribution >= 4 is 21.9 Å². The van der Waals surface area contributed by atoms with Gasteiger partial charge in [0.15, 0.2) is 17.6 Å². The molecule has 1 amide bonds. The number of benzene rings is 1. The lowest BCUT2D eigenvalue weighted by Gasteiger charge is -2.40. The molecule has 1 N–H and O–H groups in total. The van der Waals surface area contributed by atoms with E-state index in [-0.39, 0.29) is 35.9 Å². The van der Waals surface area contributed by atoms with Gasteiger partial charge in [0.1, 0.15) is 13.2 Å². The van der Waals surface area contributed by atoms with Crippen molar-refractivity contribution in [3.63, 3.8) is 0 Å². The van der Waals surface area contributed by atoms with Gasteiger partial charge in [-0.25, -0.2) is 13.1 Å². The number of ether oxygens (including phenoxy) is 3. The van der Waals surface area contributed by atoms with Crippen LogP contribution in [0.25, 0.3) is 0 Å². The molecule has 0 saturated carbocycles. The first-order valence-electron chi connectivity index (χ1n) is 10.6. The summed E-state index contributed by atoms with van der Waals surface area (Å²) in [6.07, 6.45) is 1.83. The van der Waals surface area contributed by atoms with Crippen LogP contribution in [0.1, 0.15) is 46.5 Å². The van der Waals surface area contributed by atoms with Gasteiger partial charge in [-0.3, -0.25) is 9.59 Å². The summed E-state index contributed by atoms with van der Waals surface area (Å²) >= 11 is 0. The maximum absolute atomic E-state index is 12.7. The van der Waals surface area contributed by atoms with Crippen molar-refractivity contribution in [3.8, 4) is 11.5 Å². The van der Waals surface area contributed by atoms with E-state index in [1.807, 2.05) is 13.8 Å². The number of nitrogens with one attached hydrogen (secondary N) is 1. The van der Waals surface area contributed by atoms with Gasteiger partial charge < -0.3 is 19.1 Å². The quantitative estimate of drug-likeness (QED) is 0.626. The van der Waals surface area contributed by atoms with Crippen molar-refractivity contribution in [2.24, 2.45) is 0 Å². The van der Waals surface area contributed by atoms with E-state index in [9.17, 15) is 18.0 Å². The van der Waals surface area contributed by atoms with Gasteiger partial charge >= 0.3 is 5.97 Å². The Morgan fingerprint density at radius 3 is 2.48 bits per heavy atom. The van der Waals surface area contributed by atoms with E-state index in [2.05, 4.69) is 4.72 Å². The van der Waals surface area contributed by atoms with Crippen molar-refractivity contribution in [2.45, 2.75) is 69.5 Å². The van der Waals surface area contributed by atoms with Crippen molar-refractivity contribution in [1.82, 2.24) is 9.62 Å². The van der Waals surface area contributed by atoms with E-state index < -0.39 is 22.1 Å². The highest BCUT2D eigenvalue weighted by atomic mass is 32.2. The third-order valence-electron chi connectivity index (χ3n) is 5.55. The fourth-order valence-electron chi connectivity index (χ4n) is 3.93. The minimum atomic E-state index is -3.83. The molecule has 3 atom stereocenters. The van der Waals surface area contributed by atoms with Crippen LogP contribution in [0.5, 0.6) is 11.5 Å². The molecule has 0 radical (unpaired) electrons. The zero-order valence-corrected chi connectivity index (χ0v) is 18.9. The second-order valence-electron chi connectivity index (χ2n) is 7.96. The minimum absolute atomic E-state index is 0.0155. The minimum Gasteiger partial charge on any atom is -0.486 e. The fraction of sp³-hybridized carbons (Fsp3) is 0.619. The topological polar surface area (TPSA) is 111 Å². The number of hydrogen-bond acceptors (Lipinski definition) is 7. The van der Waals surface area contributed by atoms with Crippen LogP contribution in [0.2, 0.25) is 0 Å². The zero-order chi connectivity index (χ0) is 22.6. The lowest BCUT2D eigenvalue weighted by Crippen LogP contribution is -2.51. The Labute approximate surface area is 183 Å². The molecule has 0 bridgehead atoms. The lowest BCUT2D eigenvalue weighted by atomic mass is 9.97. The van der Waals surface area contributed by atoms with E-state index in [1.54, 1.807) is 11.8 Å². The van der Waals surface area contributed by atoms with Gasteiger partial charge in [0.05, 0.1) is 11.3 Å². The third-order valence-corrected chi connectivity index (χ3v) is 7.01. The third kappa shape index (κ3) is 5.68. The summed E-state index contributed by atoms with van der Waals surface area (Å²) in [4.78, 5) is 26.7. The summed E-state index contributed by atoms with van der Waals surface area (Å²) in [6, 6.07) is 4.55. The first-order chi connectivity index (χ1) is 14.7. The maximum atomic E-state index is 12.7. The number of esters is 1. The van der Waals surface area contributed by atoms with Crippen LogP contribution in [0, 0.1) is 0 Å². The largest absolute Gasteiger partial charge is 0.486 e. The van der Waals surface area contributed by atoms with Crippen LogP contribution in [-0.2, 0) is 24.3 Å². The number of rotatable bonds is 7. The number of carbonyl (C=O) groups excluding carboxylic acids is 2. The molecule has 0 spiro atoms. The average molecular weight is 455 g/mol. The van der Waals surface area contributed by atoms with Crippen molar-refractivity contribution < 1.29 is 32.2 Å². The number of likely N-dealkylation sites (tertiary alicyclic amines) is 1.